The predicted molar refractivity (Wildman–Crippen MR) is 121 cm³/mol. The van der Waals surface area contributed by atoms with Gasteiger partial charge in [-0.1, -0.05) is 51.6 Å². The van der Waals surface area contributed by atoms with E-state index in [4.69, 9.17) is 0 Å². The SMILES string of the molecule is C=C1c2ccccc2N(C(C)=O)C1(C(=O)NC(C)(C)CC(C)(C)C)c1ccccn1. The lowest BCUT2D eigenvalue weighted by Gasteiger charge is -2.41. The van der Waals surface area contributed by atoms with Crippen molar-refractivity contribution in [2.45, 2.75) is 59.0 Å². The van der Waals surface area contributed by atoms with Crippen LogP contribution in [0.2, 0.25) is 0 Å². The van der Waals surface area contributed by atoms with Gasteiger partial charge in [-0.05, 0) is 49.5 Å². The molecular formula is C25H31N3O2. The first-order valence-electron chi connectivity index (χ1n) is 10.2. The van der Waals surface area contributed by atoms with Gasteiger partial charge in [0, 0.05) is 24.2 Å². The smallest absolute Gasteiger partial charge is 0.257 e. The van der Waals surface area contributed by atoms with E-state index in [1.54, 1.807) is 18.3 Å². The van der Waals surface area contributed by atoms with Crippen LogP contribution in [0.5, 0.6) is 0 Å². The molecule has 0 fully saturated rings. The average Bonchev–Trinajstić information content (AvgIpc) is 2.90. The average molecular weight is 406 g/mol. The third-order valence-corrected chi connectivity index (χ3v) is 5.35. The van der Waals surface area contributed by atoms with E-state index in [-0.39, 0.29) is 17.2 Å². The largest absolute Gasteiger partial charge is 0.348 e. The Morgan fingerprint density at radius 3 is 2.27 bits per heavy atom. The van der Waals surface area contributed by atoms with Crippen LogP contribution in [0.1, 0.15) is 59.2 Å². The molecule has 1 aromatic heterocycles. The summed E-state index contributed by atoms with van der Waals surface area (Å²) in [6.45, 7) is 16.2. The maximum atomic E-state index is 14.1. The quantitative estimate of drug-likeness (QED) is 0.803. The van der Waals surface area contributed by atoms with Crippen LogP contribution in [-0.4, -0.2) is 22.3 Å². The van der Waals surface area contributed by atoms with Crippen molar-refractivity contribution in [3.63, 3.8) is 0 Å². The van der Waals surface area contributed by atoms with Gasteiger partial charge in [-0.25, -0.2) is 0 Å². The Hall–Kier alpha value is -2.95. The van der Waals surface area contributed by atoms with E-state index in [9.17, 15) is 9.59 Å². The van der Waals surface area contributed by atoms with Gasteiger partial charge in [0.2, 0.25) is 5.91 Å². The van der Waals surface area contributed by atoms with Gasteiger partial charge >= 0.3 is 0 Å². The van der Waals surface area contributed by atoms with Crippen molar-refractivity contribution in [3.8, 4) is 0 Å². The van der Waals surface area contributed by atoms with E-state index in [0.717, 1.165) is 12.0 Å². The molecule has 0 aliphatic carbocycles. The summed E-state index contributed by atoms with van der Waals surface area (Å²) in [6, 6.07) is 12.9. The van der Waals surface area contributed by atoms with Crippen LogP contribution >= 0.6 is 0 Å². The van der Waals surface area contributed by atoms with Gasteiger partial charge in [-0.15, -0.1) is 0 Å². The summed E-state index contributed by atoms with van der Waals surface area (Å²) >= 11 is 0. The van der Waals surface area contributed by atoms with Gasteiger partial charge in [0.05, 0.1) is 11.4 Å². The fourth-order valence-corrected chi connectivity index (χ4v) is 4.81. The maximum absolute atomic E-state index is 14.1. The number of fused-ring (bicyclic) bond motifs is 1. The number of aromatic nitrogens is 1. The number of benzene rings is 1. The third kappa shape index (κ3) is 3.64. The minimum absolute atomic E-state index is 0.0187. The second kappa shape index (κ2) is 7.38. The Labute approximate surface area is 179 Å². The Kier molecular flexibility index (Phi) is 5.35. The van der Waals surface area contributed by atoms with Crippen LogP contribution in [-0.2, 0) is 15.1 Å². The van der Waals surface area contributed by atoms with Gasteiger partial charge < -0.3 is 5.32 Å². The zero-order valence-electron chi connectivity index (χ0n) is 18.7. The number of para-hydroxylation sites is 1. The lowest BCUT2D eigenvalue weighted by molar-refractivity contribution is -0.129. The standard InChI is InChI=1S/C25H31N3O2/c1-17-19-12-8-9-13-20(19)28(18(2)29)25(17,21-14-10-11-15-26-21)22(30)27-24(6,7)16-23(3,4)5/h8-15H,1,16H2,2-7H3,(H,27,30). The molecule has 1 aliphatic rings. The monoisotopic (exact) mass is 405 g/mol. The van der Waals surface area contributed by atoms with Crippen LogP contribution in [0.15, 0.2) is 55.2 Å². The van der Waals surface area contributed by atoms with E-state index >= 15 is 0 Å². The zero-order chi connectivity index (χ0) is 22.3. The topological polar surface area (TPSA) is 62.3 Å². The molecule has 158 valence electrons. The molecular weight excluding hydrogens is 374 g/mol. The molecule has 1 atom stereocenters. The Bertz CT molecular complexity index is 989. The number of pyridine rings is 1. The molecule has 3 rings (SSSR count). The van der Waals surface area contributed by atoms with Crippen molar-refractivity contribution in [3.05, 3.63) is 66.5 Å². The van der Waals surface area contributed by atoms with Crippen LogP contribution in [0.25, 0.3) is 5.57 Å². The van der Waals surface area contributed by atoms with Gasteiger partial charge in [-0.2, -0.15) is 0 Å². The summed E-state index contributed by atoms with van der Waals surface area (Å²) in [5.74, 6) is -0.539. The van der Waals surface area contributed by atoms with Crippen molar-refractivity contribution < 1.29 is 9.59 Å². The van der Waals surface area contributed by atoms with Crippen molar-refractivity contribution in [1.82, 2.24) is 10.3 Å². The number of nitrogens with zero attached hydrogens (tertiary/aromatic N) is 2. The third-order valence-electron chi connectivity index (χ3n) is 5.35. The molecule has 5 heteroatoms. The molecule has 1 aromatic carbocycles. The fraction of sp³-hybridized carbons (Fsp3) is 0.400. The molecule has 1 unspecified atom stereocenters. The Morgan fingerprint density at radius 2 is 1.70 bits per heavy atom. The highest BCUT2D eigenvalue weighted by molar-refractivity contribution is 6.17. The molecule has 0 saturated heterocycles. The van der Waals surface area contributed by atoms with Crippen molar-refractivity contribution in [1.29, 1.82) is 0 Å². The van der Waals surface area contributed by atoms with Crippen LogP contribution in [0, 0.1) is 5.41 Å². The molecule has 1 aliphatic heterocycles. The normalized spacial score (nSPS) is 18.9. The highest BCUT2D eigenvalue weighted by atomic mass is 16.2. The summed E-state index contributed by atoms with van der Waals surface area (Å²) in [5, 5.41) is 3.21. The molecule has 0 radical (unpaired) electrons. The van der Waals surface area contributed by atoms with Gasteiger partial charge in [0.25, 0.3) is 5.91 Å². The fourth-order valence-electron chi connectivity index (χ4n) is 4.81. The summed E-state index contributed by atoms with van der Waals surface area (Å²) in [4.78, 5) is 33.0. The van der Waals surface area contributed by atoms with Crippen LogP contribution < -0.4 is 10.2 Å². The minimum atomic E-state index is -1.44. The number of carbonyl (C=O) groups is 2. The van der Waals surface area contributed by atoms with E-state index < -0.39 is 11.1 Å². The Morgan fingerprint density at radius 1 is 1.07 bits per heavy atom. The molecule has 0 bridgehead atoms. The molecule has 2 amide bonds. The number of hydrogen-bond donors (Lipinski definition) is 1. The first kappa shape index (κ1) is 21.8. The maximum Gasteiger partial charge on any atom is 0.257 e. The minimum Gasteiger partial charge on any atom is -0.348 e. The number of nitrogens with one attached hydrogen (secondary N) is 1. The van der Waals surface area contributed by atoms with E-state index in [2.05, 4.69) is 37.7 Å². The van der Waals surface area contributed by atoms with E-state index in [1.807, 2.05) is 44.2 Å². The number of anilines is 1. The molecule has 2 aromatic rings. The molecule has 30 heavy (non-hydrogen) atoms. The van der Waals surface area contributed by atoms with Crippen molar-refractivity contribution >= 4 is 23.1 Å². The van der Waals surface area contributed by atoms with Gasteiger partial charge in [0.1, 0.15) is 0 Å². The summed E-state index contributed by atoms with van der Waals surface area (Å²) in [6.07, 6.45) is 2.41. The highest BCUT2D eigenvalue weighted by Gasteiger charge is 2.57. The second-order valence-electron chi connectivity index (χ2n) is 9.85. The van der Waals surface area contributed by atoms with Gasteiger partial charge in [-0.3, -0.25) is 19.5 Å². The molecule has 0 spiro atoms. The number of rotatable bonds is 4. The number of amides is 2. The zero-order valence-corrected chi connectivity index (χ0v) is 18.7. The molecule has 0 saturated carbocycles. The first-order chi connectivity index (χ1) is 13.9. The second-order valence-corrected chi connectivity index (χ2v) is 9.85. The van der Waals surface area contributed by atoms with Gasteiger partial charge in [0.15, 0.2) is 5.54 Å². The van der Waals surface area contributed by atoms with Crippen LogP contribution in [0.3, 0.4) is 0 Å². The van der Waals surface area contributed by atoms with E-state index in [0.29, 0.717) is 17.0 Å². The first-order valence-corrected chi connectivity index (χ1v) is 10.2. The summed E-state index contributed by atoms with van der Waals surface area (Å²) in [7, 11) is 0. The highest BCUT2D eigenvalue weighted by Crippen LogP contribution is 2.52. The van der Waals surface area contributed by atoms with Crippen molar-refractivity contribution in [2.75, 3.05) is 4.90 Å². The van der Waals surface area contributed by atoms with Crippen molar-refractivity contribution in [2.24, 2.45) is 5.41 Å². The summed E-state index contributed by atoms with van der Waals surface area (Å²) in [5.41, 5.74) is 0.568. The molecule has 1 N–H and O–H groups in total. The molecule has 5 nitrogen and oxygen atoms in total. The number of hydrogen-bond acceptors (Lipinski definition) is 3. The lowest BCUT2D eigenvalue weighted by atomic mass is 9.79. The van der Waals surface area contributed by atoms with Crippen LogP contribution in [0.4, 0.5) is 5.69 Å². The number of carbonyl (C=O) groups excluding carboxylic acids is 2. The Balaban J connectivity index is 2.20. The lowest BCUT2D eigenvalue weighted by Crippen LogP contribution is -2.60. The predicted octanol–water partition coefficient (Wildman–Crippen LogP) is 4.69. The summed E-state index contributed by atoms with van der Waals surface area (Å²) < 4.78 is 0. The van der Waals surface area contributed by atoms with E-state index in [1.165, 1.54) is 11.8 Å². The molecule has 2 heterocycles.